The molecule has 2 N–H and O–H groups in total. The molecule has 5 heteroatoms. The van der Waals surface area contributed by atoms with Gasteiger partial charge in [0.2, 0.25) is 0 Å². The molecule has 0 saturated heterocycles. The first-order chi connectivity index (χ1) is 12.2. The Kier molecular flexibility index (Phi) is 3.66. The lowest BCUT2D eigenvalue weighted by atomic mass is 9.72. The van der Waals surface area contributed by atoms with Crippen molar-refractivity contribution in [1.29, 1.82) is 0 Å². The van der Waals surface area contributed by atoms with Crippen LogP contribution >= 0.6 is 11.3 Å². The smallest absolute Gasteiger partial charge is 0.270 e. The van der Waals surface area contributed by atoms with Crippen LogP contribution in [0.4, 0.5) is 5.82 Å². The molecular formula is C20H17N3OS. The van der Waals surface area contributed by atoms with Crippen LogP contribution in [-0.2, 0) is 11.8 Å². The highest BCUT2D eigenvalue weighted by Gasteiger charge is 2.38. The molecule has 0 saturated carbocycles. The Labute approximate surface area is 149 Å². The molecule has 0 amide bonds. The second-order valence-electron chi connectivity index (χ2n) is 6.02. The van der Waals surface area contributed by atoms with Gasteiger partial charge in [-0.15, -0.1) is 16.4 Å². The van der Waals surface area contributed by atoms with Crippen molar-refractivity contribution in [3.63, 3.8) is 0 Å². The zero-order valence-corrected chi connectivity index (χ0v) is 14.4. The van der Waals surface area contributed by atoms with Crippen LogP contribution in [0.15, 0.2) is 66.6 Å². The first kappa shape index (κ1) is 15.6. The summed E-state index contributed by atoms with van der Waals surface area (Å²) in [4.78, 5) is 13.5. The summed E-state index contributed by atoms with van der Waals surface area (Å²) in [5, 5.41) is 6.30. The largest absolute Gasteiger partial charge is 0.382 e. The lowest BCUT2D eigenvalue weighted by molar-refractivity contribution is 0.0950. The minimum absolute atomic E-state index is 0.267. The molecule has 25 heavy (non-hydrogen) atoms. The molecule has 1 unspecified atom stereocenters. The zero-order valence-electron chi connectivity index (χ0n) is 13.6. The van der Waals surface area contributed by atoms with Gasteiger partial charge in [0.25, 0.3) is 5.91 Å². The molecular weight excluding hydrogens is 330 g/mol. The second-order valence-corrected chi connectivity index (χ2v) is 6.97. The van der Waals surface area contributed by atoms with E-state index in [0.29, 0.717) is 12.2 Å². The Hall–Kier alpha value is -2.92. The number of anilines is 1. The third kappa shape index (κ3) is 2.36. The minimum atomic E-state index is -0.339. The average molecular weight is 347 g/mol. The number of fused-ring (bicyclic) bond motifs is 1. The number of aromatic nitrogens is 2. The molecule has 2 aromatic heterocycles. The standard InChI is InChI=1S/C20H17N3OS/c1-2-18(24)23-16-13-20(17-9-6-12-25-17,14-7-4-3-5-8-14)11-10-15(16)19(21)22-23/h2-12H,1,13H2,(H2,21,22). The van der Waals surface area contributed by atoms with E-state index in [1.165, 1.54) is 21.2 Å². The monoisotopic (exact) mass is 347 g/mol. The SMILES string of the molecule is C=CC(=O)n1nc(N)c2c1CC(c1ccccc1)(c1cccs1)C=C2. The van der Waals surface area contributed by atoms with Crippen molar-refractivity contribution in [2.75, 3.05) is 5.73 Å². The number of nitrogen functional groups attached to an aromatic ring is 1. The predicted molar refractivity (Wildman–Crippen MR) is 102 cm³/mol. The summed E-state index contributed by atoms with van der Waals surface area (Å²) >= 11 is 1.71. The molecule has 0 fully saturated rings. The van der Waals surface area contributed by atoms with E-state index in [2.05, 4.69) is 47.4 Å². The number of benzene rings is 1. The Balaban J connectivity index is 1.94. The fourth-order valence-electron chi connectivity index (χ4n) is 3.43. The summed E-state index contributed by atoms with van der Waals surface area (Å²) in [6, 6.07) is 14.5. The average Bonchev–Trinajstić information content (AvgIpc) is 3.30. The second kappa shape index (κ2) is 5.86. The molecule has 0 aliphatic heterocycles. The summed E-state index contributed by atoms with van der Waals surface area (Å²) in [5.41, 5.74) is 8.51. The molecule has 0 radical (unpaired) electrons. The minimum Gasteiger partial charge on any atom is -0.382 e. The van der Waals surface area contributed by atoms with E-state index in [-0.39, 0.29) is 11.3 Å². The van der Waals surface area contributed by atoms with Gasteiger partial charge in [-0.05, 0) is 23.1 Å². The Morgan fingerprint density at radius 1 is 1.28 bits per heavy atom. The first-order valence-electron chi connectivity index (χ1n) is 7.98. The Morgan fingerprint density at radius 3 is 2.76 bits per heavy atom. The van der Waals surface area contributed by atoms with Gasteiger partial charge < -0.3 is 5.73 Å². The van der Waals surface area contributed by atoms with Crippen LogP contribution in [0.5, 0.6) is 0 Å². The van der Waals surface area contributed by atoms with Gasteiger partial charge in [-0.2, -0.15) is 4.68 Å². The van der Waals surface area contributed by atoms with Crippen LogP contribution in [0.1, 0.15) is 26.5 Å². The van der Waals surface area contributed by atoms with Crippen molar-refractivity contribution >= 4 is 29.1 Å². The number of nitrogens with two attached hydrogens (primary N) is 1. The molecule has 4 rings (SSSR count). The van der Waals surface area contributed by atoms with Crippen LogP contribution in [0, 0.1) is 0 Å². The highest BCUT2D eigenvalue weighted by atomic mass is 32.1. The molecule has 1 aliphatic carbocycles. The number of rotatable bonds is 3. The van der Waals surface area contributed by atoms with Gasteiger partial charge in [0, 0.05) is 16.9 Å². The van der Waals surface area contributed by atoms with Crippen LogP contribution in [0.2, 0.25) is 0 Å². The van der Waals surface area contributed by atoms with Crippen molar-refractivity contribution in [3.8, 4) is 0 Å². The number of allylic oxidation sites excluding steroid dienone is 2. The summed E-state index contributed by atoms with van der Waals surface area (Å²) in [7, 11) is 0. The van der Waals surface area contributed by atoms with Crippen LogP contribution in [-0.4, -0.2) is 15.7 Å². The number of nitrogens with zero attached hydrogens (tertiary/aromatic N) is 2. The van der Waals surface area contributed by atoms with Crippen LogP contribution in [0.25, 0.3) is 6.08 Å². The number of carbonyl (C=O) groups is 1. The maximum atomic E-state index is 12.2. The zero-order chi connectivity index (χ0) is 17.4. The third-order valence-corrected chi connectivity index (χ3v) is 5.71. The van der Waals surface area contributed by atoms with Crippen molar-refractivity contribution in [1.82, 2.24) is 9.78 Å². The third-order valence-electron chi connectivity index (χ3n) is 4.66. The molecule has 3 aromatic rings. The van der Waals surface area contributed by atoms with E-state index in [0.717, 1.165) is 11.3 Å². The molecule has 0 spiro atoms. The normalized spacial score (nSPS) is 18.7. The van der Waals surface area contributed by atoms with E-state index < -0.39 is 0 Å². The molecule has 124 valence electrons. The number of thiophene rings is 1. The van der Waals surface area contributed by atoms with Crippen LogP contribution in [0.3, 0.4) is 0 Å². The van der Waals surface area contributed by atoms with Gasteiger partial charge in [0.15, 0.2) is 5.82 Å². The molecule has 1 atom stereocenters. The van der Waals surface area contributed by atoms with E-state index in [1.54, 1.807) is 11.3 Å². The van der Waals surface area contributed by atoms with Gasteiger partial charge in [-0.1, -0.05) is 55.1 Å². The number of carbonyl (C=O) groups excluding carboxylic acids is 1. The van der Waals surface area contributed by atoms with Crippen molar-refractivity contribution < 1.29 is 4.79 Å². The molecule has 1 aliphatic rings. The first-order valence-corrected chi connectivity index (χ1v) is 8.86. The maximum Gasteiger partial charge on any atom is 0.270 e. The summed E-state index contributed by atoms with van der Waals surface area (Å²) < 4.78 is 1.38. The van der Waals surface area contributed by atoms with Gasteiger partial charge in [-0.25, -0.2) is 0 Å². The highest BCUT2D eigenvalue weighted by molar-refractivity contribution is 7.10. The van der Waals surface area contributed by atoms with Crippen molar-refractivity contribution in [2.45, 2.75) is 11.8 Å². The van der Waals surface area contributed by atoms with E-state index in [4.69, 9.17) is 5.73 Å². The number of hydrogen-bond donors (Lipinski definition) is 1. The van der Waals surface area contributed by atoms with Crippen molar-refractivity contribution in [2.24, 2.45) is 0 Å². The van der Waals surface area contributed by atoms with Crippen LogP contribution < -0.4 is 5.73 Å². The highest BCUT2D eigenvalue weighted by Crippen LogP contribution is 2.44. The van der Waals surface area contributed by atoms with Gasteiger partial charge >= 0.3 is 0 Å². The quantitative estimate of drug-likeness (QED) is 0.731. The molecule has 1 aromatic carbocycles. The molecule has 0 bridgehead atoms. The van der Waals surface area contributed by atoms with E-state index >= 15 is 0 Å². The van der Waals surface area contributed by atoms with Gasteiger partial charge in [-0.3, -0.25) is 4.79 Å². The summed E-state index contributed by atoms with van der Waals surface area (Å²) in [6.07, 6.45) is 6.05. The topological polar surface area (TPSA) is 60.9 Å². The van der Waals surface area contributed by atoms with Crippen molar-refractivity contribution in [3.05, 3.63) is 88.3 Å². The van der Waals surface area contributed by atoms with Gasteiger partial charge in [0.05, 0.1) is 11.1 Å². The molecule has 2 heterocycles. The Morgan fingerprint density at radius 2 is 2.08 bits per heavy atom. The van der Waals surface area contributed by atoms with Gasteiger partial charge in [0.1, 0.15) is 0 Å². The summed E-state index contributed by atoms with van der Waals surface area (Å²) in [6.45, 7) is 3.57. The number of hydrogen-bond acceptors (Lipinski definition) is 4. The maximum absolute atomic E-state index is 12.2. The fourth-order valence-corrected chi connectivity index (χ4v) is 4.36. The lowest BCUT2D eigenvalue weighted by Crippen LogP contribution is -2.31. The Bertz CT molecular complexity index is 970. The fraction of sp³-hybridized carbons (Fsp3) is 0.100. The molecule has 4 nitrogen and oxygen atoms in total. The predicted octanol–water partition coefficient (Wildman–Crippen LogP) is 3.91. The lowest BCUT2D eigenvalue weighted by Gasteiger charge is -2.33. The van der Waals surface area contributed by atoms with E-state index in [9.17, 15) is 4.79 Å². The van der Waals surface area contributed by atoms with E-state index in [1.807, 2.05) is 24.3 Å². The summed E-state index contributed by atoms with van der Waals surface area (Å²) in [5.74, 6) is 0.102.